The molecule has 3 rings (SSSR count). The second-order valence-corrected chi connectivity index (χ2v) is 6.48. The molecule has 0 bridgehead atoms. The van der Waals surface area contributed by atoms with Crippen LogP contribution in [0.1, 0.15) is 38.4 Å². The number of hydrogen-bond donors (Lipinski definition) is 0. The van der Waals surface area contributed by atoms with Gasteiger partial charge in [-0.2, -0.15) is 0 Å². The van der Waals surface area contributed by atoms with Gasteiger partial charge in [-0.15, -0.1) is 0 Å². The van der Waals surface area contributed by atoms with Crippen molar-refractivity contribution in [1.29, 1.82) is 0 Å². The van der Waals surface area contributed by atoms with E-state index in [0.717, 1.165) is 71.0 Å². The smallest absolute Gasteiger partial charge is 0.225 e. The highest BCUT2D eigenvalue weighted by Crippen LogP contribution is 2.17. The quantitative estimate of drug-likeness (QED) is 0.825. The van der Waals surface area contributed by atoms with Gasteiger partial charge in [0, 0.05) is 51.7 Å². The molecule has 1 aromatic heterocycles. The fourth-order valence-electron chi connectivity index (χ4n) is 3.49. The van der Waals surface area contributed by atoms with Crippen LogP contribution in [0.4, 0.5) is 0 Å². The fraction of sp³-hybridized carbons (Fsp3) is 0.765. The number of ether oxygens (including phenoxy) is 1. The molecule has 1 unspecified atom stereocenters. The van der Waals surface area contributed by atoms with Gasteiger partial charge >= 0.3 is 0 Å². The molecule has 2 fully saturated rings. The Balaban J connectivity index is 1.49. The molecule has 1 aromatic rings. The Kier molecular flexibility index (Phi) is 5.67. The van der Waals surface area contributed by atoms with Crippen LogP contribution in [0.5, 0.6) is 0 Å². The first kappa shape index (κ1) is 16.5. The van der Waals surface area contributed by atoms with Gasteiger partial charge in [0.1, 0.15) is 5.82 Å². The lowest BCUT2D eigenvalue weighted by Crippen LogP contribution is -2.36. The lowest BCUT2D eigenvalue weighted by molar-refractivity contribution is -0.133. The van der Waals surface area contributed by atoms with Crippen molar-refractivity contribution in [1.82, 2.24) is 19.4 Å². The number of nitrogens with zero attached hydrogens (tertiary/aromatic N) is 4. The van der Waals surface area contributed by atoms with Gasteiger partial charge in [-0.05, 0) is 26.2 Å². The number of aromatic nitrogens is 2. The van der Waals surface area contributed by atoms with Crippen LogP contribution in [0.15, 0.2) is 12.4 Å². The lowest BCUT2D eigenvalue weighted by Gasteiger charge is -2.23. The Bertz CT molecular complexity index is 510. The Labute approximate surface area is 138 Å². The van der Waals surface area contributed by atoms with Gasteiger partial charge < -0.3 is 14.2 Å². The molecular formula is C17H28N4O2. The molecule has 0 radical (unpaired) electrons. The normalized spacial score (nSPS) is 23.2. The monoisotopic (exact) mass is 320 g/mol. The zero-order valence-corrected chi connectivity index (χ0v) is 14.1. The van der Waals surface area contributed by atoms with Crippen molar-refractivity contribution in [2.45, 2.75) is 51.8 Å². The third-order valence-corrected chi connectivity index (χ3v) is 4.87. The average molecular weight is 320 g/mol. The predicted octanol–water partition coefficient (Wildman–Crippen LogP) is 1.51. The molecule has 2 aliphatic rings. The number of aryl methyl sites for hydroxylation is 1. The van der Waals surface area contributed by atoms with Crippen molar-refractivity contribution < 1.29 is 9.53 Å². The van der Waals surface area contributed by atoms with Gasteiger partial charge in [-0.25, -0.2) is 4.98 Å². The largest absolute Gasteiger partial charge is 0.378 e. The molecule has 3 heterocycles. The molecular weight excluding hydrogens is 292 g/mol. The van der Waals surface area contributed by atoms with Crippen LogP contribution in [-0.4, -0.2) is 64.1 Å². The van der Waals surface area contributed by atoms with Crippen LogP contribution in [0.25, 0.3) is 0 Å². The minimum absolute atomic E-state index is 0.152. The first-order valence-electron chi connectivity index (χ1n) is 8.88. The van der Waals surface area contributed by atoms with E-state index in [1.165, 1.54) is 0 Å². The highest BCUT2D eigenvalue weighted by atomic mass is 16.5. The second kappa shape index (κ2) is 7.93. The topological polar surface area (TPSA) is 50.6 Å². The third-order valence-electron chi connectivity index (χ3n) is 4.87. The summed E-state index contributed by atoms with van der Waals surface area (Å²) in [5, 5.41) is 0. The van der Waals surface area contributed by atoms with Crippen molar-refractivity contribution in [3.63, 3.8) is 0 Å². The Morgan fingerprint density at radius 3 is 3.00 bits per heavy atom. The SMILES string of the molecule is CCn1ccnc1CN1CCCN(C(=O)CC2CCCO2)CC1. The van der Waals surface area contributed by atoms with Crippen molar-refractivity contribution >= 4 is 5.91 Å². The number of carbonyl (C=O) groups excluding carboxylic acids is 1. The van der Waals surface area contributed by atoms with Crippen LogP contribution < -0.4 is 0 Å². The second-order valence-electron chi connectivity index (χ2n) is 6.48. The fourth-order valence-corrected chi connectivity index (χ4v) is 3.49. The Morgan fingerprint density at radius 2 is 2.22 bits per heavy atom. The molecule has 0 aliphatic carbocycles. The number of imidazole rings is 1. The summed E-state index contributed by atoms with van der Waals surface area (Å²) in [5.74, 6) is 1.38. The maximum Gasteiger partial charge on any atom is 0.225 e. The van der Waals surface area contributed by atoms with E-state index in [1.54, 1.807) is 0 Å². The van der Waals surface area contributed by atoms with Crippen LogP contribution in [-0.2, 0) is 22.6 Å². The number of rotatable bonds is 5. The average Bonchev–Trinajstić information content (AvgIpc) is 3.15. The molecule has 2 aliphatic heterocycles. The zero-order valence-electron chi connectivity index (χ0n) is 14.1. The molecule has 0 spiro atoms. The summed E-state index contributed by atoms with van der Waals surface area (Å²) in [6.07, 6.45) is 7.77. The predicted molar refractivity (Wildman–Crippen MR) is 88.0 cm³/mol. The molecule has 0 saturated carbocycles. The maximum absolute atomic E-state index is 12.4. The van der Waals surface area contributed by atoms with E-state index in [9.17, 15) is 4.79 Å². The highest BCUT2D eigenvalue weighted by molar-refractivity contribution is 5.76. The molecule has 2 saturated heterocycles. The number of hydrogen-bond acceptors (Lipinski definition) is 4. The van der Waals surface area contributed by atoms with E-state index in [1.807, 2.05) is 17.3 Å². The molecule has 0 aromatic carbocycles. The summed E-state index contributed by atoms with van der Waals surface area (Å²) in [5.41, 5.74) is 0. The van der Waals surface area contributed by atoms with Gasteiger partial charge in [0.2, 0.25) is 5.91 Å². The summed E-state index contributed by atoms with van der Waals surface area (Å²) in [6.45, 7) is 8.41. The van der Waals surface area contributed by atoms with Crippen molar-refractivity contribution in [2.24, 2.45) is 0 Å². The van der Waals surface area contributed by atoms with E-state index in [-0.39, 0.29) is 12.0 Å². The van der Waals surface area contributed by atoms with E-state index in [2.05, 4.69) is 21.4 Å². The van der Waals surface area contributed by atoms with E-state index in [0.29, 0.717) is 6.42 Å². The molecule has 0 N–H and O–H groups in total. The standard InChI is InChI=1S/C17H28N4O2/c1-2-20-9-6-18-16(20)14-19-7-4-8-21(11-10-19)17(22)13-15-5-3-12-23-15/h6,9,15H,2-5,7-8,10-14H2,1H3. The first-order valence-corrected chi connectivity index (χ1v) is 8.88. The Morgan fingerprint density at radius 1 is 1.30 bits per heavy atom. The number of amides is 1. The zero-order chi connectivity index (χ0) is 16.1. The molecule has 128 valence electrons. The lowest BCUT2D eigenvalue weighted by atomic mass is 10.1. The minimum Gasteiger partial charge on any atom is -0.378 e. The molecule has 1 atom stereocenters. The molecule has 6 nitrogen and oxygen atoms in total. The van der Waals surface area contributed by atoms with Crippen LogP contribution in [0.2, 0.25) is 0 Å². The number of carbonyl (C=O) groups is 1. The van der Waals surface area contributed by atoms with E-state index in [4.69, 9.17) is 4.74 Å². The third kappa shape index (κ3) is 4.32. The molecule has 23 heavy (non-hydrogen) atoms. The van der Waals surface area contributed by atoms with Crippen molar-refractivity contribution in [2.75, 3.05) is 32.8 Å². The van der Waals surface area contributed by atoms with E-state index < -0.39 is 0 Å². The summed E-state index contributed by atoms with van der Waals surface area (Å²) in [4.78, 5) is 21.3. The first-order chi connectivity index (χ1) is 11.3. The summed E-state index contributed by atoms with van der Waals surface area (Å²) < 4.78 is 7.78. The molecule has 1 amide bonds. The summed E-state index contributed by atoms with van der Waals surface area (Å²) in [7, 11) is 0. The van der Waals surface area contributed by atoms with Gasteiger partial charge in [0.25, 0.3) is 0 Å². The van der Waals surface area contributed by atoms with Gasteiger partial charge in [-0.3, -0.25) is 9.69 Å². The van der Waals surface area contributed by atoms with Crippen LogP contribution >= 0.6 is 0 Å². The van der Waals surface area contributed by atoms with E-state index >= 15 is 0 Å². The summed E-state index contributed by atoms with van der Waals surface area (Å²) >= 11 is 0. The maximum atomic E-state index is 12.4. The Hall–Kier alpha value is -1.40. The summed E-state index contributed by atoms with van der Waals surface area (Å²) in [6, 6.07) is 0. The van der Waals surface area contributed by atoms with Gasteiger partial charge in [0.15, 0.2) is 0 Å². The highest BCUT2D eigenvalue weighted by Gasteiger charge is 2.24. The minimum atomic E-state index is 0.152. The van der Waals surface area contributed by atoms with Gasteiger partial charge in [0.05, 0.1) is 19.1 Å². The van der Waals surface area contributed by atoms with Crippen molar-refractivity contribution in [3.8, 4) is 0 Å². The molecule has 6 heteroatoms. The van der Waals surface area contributed by atoms with Crippen LogP contribution in [0, 0.1) is 0 Å². The van der Waals surface area contributed by atoms with Gasteiger partial charge in [-0.1, -0.05) is 0 Å². The van der Waals surface area contributed by atoms with Crippen LogP contribution in [0.3, 0.4) is 0 Å². The van der Waals surface area contributed by atoms with Crippen molar-refractivity contribution in [3.05, 3.63) is 18.2 Å².